The number of aromatic hydroxyl groups is 1. The number of hydrogen-bond acceptors (Lipinski definition) is 5. The van der Waals surface area contributed by atoms with Crippen LogP contribution in [0.2, 0.25) is 10.0 Å². The summed E-state index contributed by atoms with van der Waals surface area (Å²) in [6.45, 7) is 1.20. The molecule has 37 heavy (non-hydrogen) atoms. The molecule has 190 valence electrons. The summed E-state index contributed by atoms with van der Waals surface area (Å²) in [6, 6.07) is 12.4. The molecule has 1 unspecified atom stereocenters. The fourth-order valence-corrected chi connectivity index (χ4v) is 6.49. The van der Waals surface area contributed by atoms with E-state index in [2.05, 4.69) is 17.1 Å². The molecule has 1 aromatic heterocycles. The molecule has 0 bridgehead atoms. The van der Waals surface area contributed by atoms with E-state index in [1.165, 1.54) is 11.1 Å². The van der Waals surface area contributed by atoms with Crippen molar-refractivity contribution in [3.05, 3.63) is 91.1 Å². The van der Waals surface area contributed by atoms with Crippen molar-refractivity contribution in [2.24, 2.45) is 0 Å². The van der Waals surface area contributed by atoms with Gasteiger partial charge in [0.05, 0.1) is 21.7 Å². The maximum Gasteiger partial charge on any atom is 0.315 e. The van der Waals surface area contributed by atoms with Crippen LogP contribution in [0.25, 0.3) is 0 Å². The molecular formula is C27H24Cl2N4O4. The molecule has 0 spiro atoms. The number of amides is 2. The third-order valence-corrected chi connectivity index (χ3v) is 8.31. The summed E-state index contributed by atoms with van der Waals surface area (Å²) < 4.78 is 1.61. The van der Waals surface area contributed by atoms with Crippen LogP contribution in [-0.4, -0.2) is 55.4 Å². The smallest absolute Gasteiger partial charge is 0.315 e. The van der Waals surface area contributed by atoms with Crippen molar-refractivity contribution in [1.29, 1.82) is 0 Å². The number of carbonyl (C=O) groups is 2. The van der Waals surface area contributed by atoms with E-state index in [0.29, 0.717) is 38.3 Å². The van der Waals surface area contributed by atoms with E-state index in [9.17, 15) is 19.5 Å². The molecule has 1 aliphatic carbocycles. The zero-order valence-electron chi connectivity index (χ0n) is 19.9. The zero-order valence-corrected chi connectivity index (χ0v) is 21.4. The van der Waals surface area contributed by atoms with E-state index < -0.39 is 23.3 Å². The Kier molecular flexibility index (Phi) is 5.96. The first kappa shape index (κ1) is 24.0. The molecule has 1 fully saturated rings. The predicted molar refractivity (Wildman–Crippen MR) is 138 cm³/mol. The Bertz CT molecular complexity index is 1460. The third-order valence-electron chi connectivity index (χ3n) is 7.68. The number of nitrogens with zero attached hydrogens (tertiary/aromatic N) is 4. The molecule has 3 aliphatic rings. The Morgan fingerprint density at radius 2 is 1.62 bits per heavy atom. The molecule has 2 aromatic carbocycles. The molecule has 6 rings (SSSR count). The lowest BCUT2D eigenvalue weighted by Crippen LogP contribution is -2.49. The molecule has 8 nitrogen and oxygen atoms in total. The van der Waals surface area contributed by atoms with Crippen LogP contribution in [0.1, 0.15) is 56.7 Å². The molecule has 0 radical (unpaired) electrons. The summed E-state index contributed by atoms with van der Waals surface area (Å²) in [7, 11) is 0. The first-order valence-corrected chi connectivity index (χ1v) is 13.1. The Morgan fingerprint density at radius 3 is 2.30 bits per heavy atom. The molecule has 0 saturated carbocycles. The lowest BCUT2D eigenvalue weighted by molar-refractivity contribution is 0.0607. The first-order chi connectivity index (χ1) is 17.8. The molecule has 10 heteroatoms. The highest BCUT2D eigenvalue weighted by Gasteiger charge is 2.41. The summed E-state index contributed by atoms with van der Waals surface area (Å²) in [5.41, 5.74) is 1.68. The van der Waals surface area contributed by atoms with Crippen LogP contribution in [0, 0.1) is 0 Å². The Labute approximate surface area is 223 Å². The summed E-state index contributed by atoms with van der Waals surface area (Å²) in [4.78, 5) is 47.5. The highest BCUT2D eigenvalue weighted by molar-refractivity contribution is 6.39. The van der Waals surface area contributed by atoms with E-state index in [-0.39, 0.29) is 33.3 Å². The first-order valence-electron chi connectivity index (χ1n) is 12.3. The summed E-state index contributed by atoms with van der Waals surface area (Å²) in [5.74, 6) is -1.11. The van der Waals surface area contributed by atoms with Gasteiger partial charge in [-0.1, -0.05) is 53.5 Å². The van der Waals surface area contributed by atoms with Gasteiger partial charge in [0, 0.05) is 25.7 Å². The molecule has 1 atom stereocenters. The molecule has 2 amide bonds. The van der Waals surface area contributed by atoms with Crippen molar-refractivity contribution in [3.63, 3.8) is 0 Å². The second kappa shape index (κ2) is 9.19. The standard InChI is InChI=1S/C27H24Cl2N4O4/c28-18-7-3-8-19(29)21(18)26(36)32-10-4-9-20(32)24-30-25(35)23(34)22-27(37)31(11-12-33(22)24)17-13-15-5-1-2-6-16(15)14-17/h1-3,5-8,17,20,34H,4,9-14H2. The number of carbonyl (C=O) groups excluding carboxylic acids is 2. The van der Waals surface area contributed by atoms with Crippen LogP contribution < -0.4 is 5.56 Å². The Hall–Kier alpha value is -3.36. The SMILES string of the molecule is O=C1c2c(O)c(=O)nc(C3CCCN3C(=O)c3c(Cl)cccc3Cl)n2CCN1C1Cc2ccccc2C1. The number of hydrogen-bond donors (Lipinski definition) is 1. The molecule has 3 aromatic rings. The second-order valence-corrected chi connectivity index (χ2v) is 10.5. The summed E-state index contributed by atoms with van der Waals surface area (Å²) >= 11 is 12.6. The van der Waals surface area contributed by atoms with Crippen LogP contribution in [0.3, 0.4) is 0 Å². The second-order valence-electron chi connectivity index (χ2n) is 9.71. The van der Waals surface area contributed by atoms with Gasteiger partial charge >= 0.3 is 5.56 Å². The van der Waals surface area contributed by atoms with Crippen molar-refractivity contribution >= 4 is 35.0 Å². The van der Waals surface area contributed by atoms with Crippen molar-refractivity contribution in [1.82, 2.24) is 19.4 Å². The van der Waals surface area contributed by atoms with Gasteiger partial charge in [0.2, 0.25) is 5.75 Å². The van der Waals surface area contributed by atoms with Gasteiger partial charge in [-0.2, -0.15) is 4.98 Å². The quantitative estimate of drug-likeness (QED) is 0.546. The van der Waals surface area contributed by atoms with Crippen molar-refractivity contribution in [3.8, 4) is 5.75 Å². The topological polar surface area (TPSA) is 95.7 Å². The Morgan fingerprint density at radius 1 is 0.946 bits per heavy atom. The van der Waals surface area contributed by atoms with E-state index in [4.69, 9.17) is 23.2 Å². The molecule has 1 N–H and O–H groups in total. The Balaban J connectivity index is 1.36. The average molecular weight is 539 g/mol. The van der Waals surface area contributed by atoms with Gasteiger partial charge in [-0.25, -0.2) is 0 Å². The molecule has 2 aliphatic heterocycles. The minimum Gasteiger partial charge on any atom is -0.501 e. The fourth-order valence-electron chi connectivity index (χ4n) is 5.93. The minimum absolute atomic E-state index is 0.0447. The van der Waals surface area contributed by atoms with Crippen LogP contribution in [0.5, 0.6) is 5.75 Å². The lowest BCUT2D eigenvalue weighted by Gasteiger charge is -2.36. The highest BCUT2D eigenvalue weighted by atomic mass is 35.5. The summed E-state index contributed by atoms with van der Waals surface area (Å²) in [5, 5.41) is 11.2. The van der Waals surface area contributed by atoms with Gasteiger partial charge in [0.15, 0.2) is 5.69 Å². The summed E-state index contributed by atoms with van der Waals surface area (Å²) in [6.07, 6.45) is 2.70. The minimum atomic E-state index is -0.874. The molecule has 3 heterocycles. The van der Waals surface area contributed by atoms with Gasteiger partial charge in [-0.05, 0) is 48.9 Å². The number of likely N-dealkylation sites (tertiary alicyclic amines) is 1. The molecule has 1 saturated heterocycles. The fraction of sp³-hybridized carbons (Fsp3) is 0.333. The normalized spacial score (nSPS) is 19.3. The van der Waals surface area contributed by atoms with Crippen LogP contribution in [0.15, 0.2) is 47.3 Å². The largest absolute Gasteiger partial charge is 0.501 e. The van der Waals surface area contributed by atoms with E-state index in [0.717, 1.165) is 12.8 Å². The van der Waals surface area contributed by atoms with Crippen molar-refractivity contribution in [2.75, 3.05) is 13.1 Å². The van der Waals surface area contributed by atoms with Gasteiger partial charge in [0.1, 0.15) is 5.82 Å². The van der Waals surface area contributed by atoms with E-state index in [1.807, 2.05) is 12.1 Å². The van der Waals surface area contributed by atoms with E-state index in [1.54, 1.807) is 32.6 Å². The van der Waals surface area contributed by atoms with Gasteiger partial charge in [-0.15, -0.1) is 0 Å². The van der Waals surface area contributed by atoms with Gasteiger partial charge in [0.25, 0.3) is 11.8 Å². The number of aromatic nitrogens is 2. The lowest BCUT2D eigenvalue weighted by atomic mass is 10.1. The van der Waals surface area contributed by atoms with Crippen LogP contribution >= 0.6 is 23.2 Å². The van der Waals surface area contributed by atoms with Gasteiger partial charge in [-0.3, -0.25) is 14.4 Å². The maximum absolute atomic E-state index is 13.7. The van der Waals surface area contributed by atoms with Gasteiger partial charge < -0.3 is 19.5 Å². The number of benzene rings is 2. The predicted octanol–water partition coefficient (Wildman–Crippen LogP) is 3.86. The van der Waals surface area contributed by atoms with E-state index >= 15 is 0 Å². The molecular weight excluding hydrogens is 515 g/mol. The maximum atomic E-state index is 13.7. The number of halogens is 2. The number of fused-ring (bicyclic) bond motifs is 2. The van der Waals surface area contributed by atoms with Crippen LogP contribution in [-0.2, 0) is 19.4 Å². The van der Waals surface area contributed by atoms with Crippen molar-refractivity contribution in [2.45, 2.75) is 44.3 Å². The van der Waals surface area contributed by atoms with Crippen LogP contribution in [0.4, 0.5) is 0 Å². The average Bonchev–Trinajstić information content (AvgIpc) is 3.53. The van der Waals surface area contributed by atoms with Crippen molar-refractivity contribution < 1.29 is 14.7 Å². The highest BCUT2D eigenvalue weighted by Crippen LogP contribution is 2.37. The third kappa shape index (κ3) is 3.90. The number of rotatable bonds is 3. The zero-order chi connectivity index (χ0) is 25.8. The monoisotopic (exact) mass is 538 g/mol.